The number of rotatable bonds is 7. The van der Waals surface area contributed by atoms with Gasteiger partial charge in [-0.1, -0.05) is 48.5 Å². The molecule has 0 rings (SSSR count). The quantitative estimate of drug-likeness (QED) is 0.530. The van der Waals surface area contributed by atoms with E-state index in [9.17, 15) is 5.11 Å². The van der Waals surface area contributed by atoms with Gasteiger partial charge in [0.2, 0.25) is 0 Å². The Kier molecular flexibility index (Phi) is 7.16. The van der Waals surface area contributed by atoms with Gasteiger partial charge in [0.25, 0.3) is 0 Å². The maximum atomic E-state index is 9.78. The van der Waals surface area contributed by atoms with E-state index in [1.807, 2.05) is 6.92 Å². The molecular formula is C10H21BrO. The Morgan fingerprint density at radius 3 is 2.33 bits per heavy atom. The van der Waals surface area contributed by atoms with E-state index in [1.54, 1.807) is 0 Å². The molecule has 0 aromatic rings. The van der Waals surface area contributed by atoms with Crippen LogP contribution < -0.4 is 0 Å². The van der Waals surface area contributed by atoms with Gasteiger partial charge in [0.05, 0.1) is 5.60 Å². The highest BCUT2D eigenvalue weighted by molar-refractivity contribution is 9.09. The minimum absolute atomic E-state index is 0.447. The smallest absolute Gasteiger partial charge is 0.0627 e. The van der Waals surface area contributed by atoms with Gasteiger partial charge in [0.15, 0.2) is 0 Å². The average Bonchev–Trinajstić information content (AvgIpc) is 1.98. The number of halogens is 1. The van der Waals surface area contributed by atoms with Crippen LogP contribution in [0.1, 0.15) is 52.4 Å². The Morgan fingerprint density at radius 2 is 1.83 bits per heavy atom. The summed E-state index contributed by atoms with van der Waals surface area (Å²) >= 11 is 3.35. The molecule has 2 heteroatoms. The first-order chi connectivity index (χ1) is 5.62. The summed E-state index contributed by atoms with van der Waals surface area (Å²) < 4.78 is 0. The topological polar surface area (TPSA) is 20.2 Å². The van der Waals surface area contributed by atoms with E-state index in [1.165, 1.54) is 19.3 Å². The van der Waals surface area contributed by atoms with Crippen LogP contribution in [0.15, 0.2) is 0 Å². The van der Waals surface area contributed by atoms with Gasteiger partial charge in [-0.2, -0.15) is 0 Å². The molecule has 0 fully saturated rings. The van der Waals surface area contributed by atoms with E-state index in [-0.39, 0.29) is 0 Å². The van der Waals surface area contributed by atoms with Crippen LogP contribution in [-0.4, -0.2) is 16.0 Å². The maximum absolute atomic E-state index is 9.78. The molecule has 0 saturated carbocycles. The molecule has 12 heavy (non-hydrogen) atoms. The van der Waals surface area contributed by atoms with Gasteiger partial charge in [0, 0.05) is 5.33 Å². The molecule has 1 N–H and O–H groups in total. The summed E-state index contributed by atoms with van der Waals surface area (Å²) in [5.41, 5.74) is -0.447. The van der Waals surface area contributed by atoms with Crippen molar-refractivity contribution in [2.24, 2.45) is 0 Å². The SMILES string of the molecule is CCCCCCC(C)(O)CCBr. The lowest BCUT2D eigenvalue weighted by Gasteiger charge is -2.21. The van der Waals surface area contributed by atoms with Gasteiger partial charge >= 0.3 is 0 Å². The van der Waals surface area contributed by atoms with Crippen LogP contribution in [0.25, 0.3) is 0 Å². The van der Waals surface area contributed by atoms with Gasteiger partial charge in [-0.25, -0.2) is 0 Å². The average molecular weight is 237 g/mol. The second-order valence-electron chi connectivity index (χ2n) is 3.75. The summed E-state index contributed by atoms with van der Waals surface area (Å²) in [6, 6.07) is 0. The summed E-state index contributed by atoms with van der Waals surface area (Å²) in [5, 5.41) is 10.7. The second kappa shape index (κ2) is 6.90. The van der Waals surface area contributed by atoms with E-state index < -0.39 is 5.60 Å². The number of unbranched alkanes of at least 4 members (excludes halogenated alkanes) is 3. The standard InChI is InChI=1S/C10H21BrO/c1-3-4-5-6-7-10(2,12)8-9-11/h12H,3-9H2,1-2H3. The fourth-order valence-electron chi connectivity index (χ4n) is 1.26. The fraction of sp³-hybridized carbons (Fsp3) is 1.00. The van der Waals surface area contributed by atoms with Gasteiger partial charge in [-0.15, -0.1) is 0 Å². The monoisotopic (exact) mass is 236 g/mol. The zero-order chi connectivity index (χ0) is 9.45. The zero-order valence-electron chi connectivity index (χ0n) is 8.27. The summed E-state index contributed by atoms with van der Waals surface area (Å²) in [7, 11) is 0. The van der Waals surface area contributed by atoms with Gasteiger partial charge in [-0.3, -0.25) is 0 Å². The van der Waals surface area contributed by atoms with E-state index in [0.29, 0.717) is 0 Å². The van der Waals surface area contributed by atoms with Crippen molar-refractivity contribution in [3.05, 3.63) is 0 Å². The van der Waals surface area contributed by atoms with Crippen LogP contribution in [-0.2, 0) is 0 Å². The molecule has 74 valence electrons. The molecule has 0 heterocycles. The van der Waals surface area contributed by atoms with Crippen molar-refractivity contribution in [1.82, 2.24) is 0 Å². The highest BCUT2D eigenvalue weighted by Crippen LogP contribution is 2.19. The largest absolute Gasteiger partial charge is 0.390 e. The molecule has 0 aromatic carbocycles. The maximum Gasteiger partial charge on any atom is 0.0627 e. The van der Waals surface area contributed by atoms with E-state index >= 15 is 0 Å². The minimum atomic E-state index is -0.447. The molecule has 1 atom stereocenters. The minimum Gasteiger partial charge on any atom is -0.390 e. The van der Waals surface area contributed by atoms with E-state index in [0.717, 1.165) is 24.6 Å². The molecular weight excluding hydrogens is 216 g/mol. The van der Waals surface area contributed by atoms with Gasteiger partial charge in [-0.05, 0) is 19.8 Å². The van der Waals surface area contributed by atoms with Crippen LogP contribution in [0.2, 0.25) is 0 Å². The molecule has 1 nitrogen and oxygen atoms in total. The summed E-state index contributed by atoms with van der Waals surface area (Å²) in [5.74, 6) is 0. The first-order valence-electron chi connectivity index (χ1n) is 4.91. The Hall–Kier alpha value is 0.440. The lowest BCUT2D eigenvalue weighted by Crippen LogP contribution is -2.24. The van der Waals surface area contributed by atoms with Crippen molar-refractivity contribution >= 4 is 15.9 Å². The van der Waals surface area contributed by atoms with Crippen molar-refractivity contribution in [2.75, 3.05) is 5.33 Å². The molecule has 0 aliphatic rings. The number of hydrogen-bond acceptors (Lipinski definition) is 1. The first-order valence-corrected chi connectivity index (χ1v) is 6.03. The third kappa shape index (κ3) is 7.11. The van der Waals surface area contributed by atoms with Crippen LogP contribution in [0, 0.1) is 0 Å². The van der Waals surface area contributed by atoms with Crippen molar-refractivity contribution in [1.29, 1.82) is 0 Å². The highest BCUT2D eigenvalue weighted by Gasteiger charge is 2.17. The molecule has 1 unspecified atom stereocenters. The normalized spacial score (nSPS) is 16.0. The fourth-order valence-corrected chi connectivity index (χ4v) is 2.12. The van der Waals surface area contributed by atoms with Crippen LogP contribution in [0.4, 0.5) is 0 Å². The highest BCUT2D eigenvalue weighted by atomic mass is 79.9. The predicted molar refractivity (Wildman–Crippen MR) is 57.8 cm³/mol. The predicted octanol–water partition coefficient (Wildman–Crippen LogP) is 3.49. The molecule has 0 aliphatic carbocycles. The lowest BCUT2D eigenvalue weighted by atomic mass is 9.95. The Morgan fingerprint density at radius 1 is 1.17 bits per heavy atom. The Labute approximate surface area is 84.7 Å². The van der Waals surface area contributed by atoms with Gasteiger partial charge in [0.1, 0.15) is 0 Å². The molecule has 0 radical (unpaired) electrons. The summed E-state index contributed by atoms with van der Waals surface area (Å²) in [6.07, 6.45) is 6.78. The van der Waals surface area contributed by atoms with E-state index in [2.05, 4.69) is 22.9 Å². The number of hydrogen-bond donors (Lipinski definition) is 1. The van der Waals surface area contributed by atoms with Crippen molar-refractivity contribution < 1.29 is 5.11 Å². The van der Waals surface area contributed by atoms with Crippen LogP contribution in [0.5, 0.6) is 0 Å². The zero-order valence-corrected chi connectivity index (χ0v) is 9.86. The number of aliphatic hydroxyl groups is 1. The van der Waals surface area contributed by atoms with Crippen molar-refractivity contribution in [3.8, 4) is 0 Å². The first kappa shape index (κ1) is 12.4. The summed E-state index contributed by atoms with van der Waals surface area (Å²) in [6.45, 7) is 4.14. The summed E-state index contributed by atoms with van der Waals surface area (Å²) in [4.78, 5) is 0. The lowest BCUT2D eigenvalue weighted by molar-refractivity contribution is 0.0457. The third-order valence-electron chi connectivity index (χ3n) is 2.20. The molecule has 0 spiro atoms. The molecule has 0 saturated heterocycles. The number of alkyl halides is 1. The molecule has 0 bridgehead atoms. The van der Waals surface area contributed by atoms with E-state index in [4.69, 9.17) is 0 Å². The molecule has 0 amide bonds. The van der Waals surface area contributed by atoms with Gasteiger partial charge < -0.3 is 5.11 Å². The Bertz CT molecular complexity index is 102. The molecule has 0 aliphatic heterocycles. The third-order valence-corrected chi connectivity index (χ3v) is 2.60. The molecule has 0 aromatic heterocycles. The Balaban J connectivity index is 3.33. The van der Waals surface area contributed by atoms with Crippen molar-refractivity contribution in [2.45, 2.75) is 58.0 Å². The second-order valence-corrected chi connectivity index (χ2v) is 4.54. The van der Waals surface area contributed by atoms with Crippen molar-refractivity contribution in [3.63, 3.8) is 0 Å². The van der Waals surface area contributed by atoms with Crippen LogP contribution >= 0.6 is 15.9 Å². The van der Waals surface area contributed by atoms with Crippen LogP contribution in [0.3, 0.4) is 0 Å².